The van der Waals surface area contributed by atoms with Crippen molar-refractivity contribution in [3.63, 3.8) is 0 Å². The van der Waals surface area contributed by atoms with Crippen molar-refractivity contribution in [2.45, 2.75) is 6.54 Å². The van der Waals surface area contributed by atoms with Gasteiger partial charge in [0.15, 0.2) is 0 Å². The second-order valence-corrected chi connectivity index (χ2v) is 4.30. The predicted molar refractivity (Wildman–Crippen MR) is 66.1 cm³/mol. The molecule has 0 spiro atoms. The topological polar surface area (TPSA) is 50.3 Å². The summed E-state index contributed by atoms with van der Waals surface area (Å²) in [6.45, 7) is -0.368. The van der Waals surface area contributed by atoms with Gasteiger partial charge in [-0.2, -0.15) is 0 Å². The minimum Gasteiger partial charge on any atom is -0.284 e. The van der Waals surface area contributed by atoms with Crippen LogP contribution >= 0.6 is 0 Å². The van der Waals surface area contributed by atoms with Crippen molar-refractivity contribution in [3.05, 3.63) is 59.3 Å². The third-order valence-electron chi connectivity index (χ3n) is 3.10. The van der Waals surface area contributed by atoms with E-state index in [0.717, 1.165) is 17.0 Å². The highest BCUT2D eigenvalue weighted by molar-refractivity contribution is 6.51. The van der Waals surface area contributed by atoms with Crippen molar-refractivity contribution in [2.75, 3.05) is 4.90 Å². The first-order valence-corrected chi connectivity index (χ1v) is 5.83. The van der Waals surface area contributed by atoms with Crippen molar-refractivity contribution >= 4 is 17.5 Å². The first-order valence-electron chi connectivity index (χ1n) is 5.83. The maximum absolute atomic E-state index is 13.6. The molecule has 20 heavy (non-hydrogen) atoms. The number of carbonyl (C=O) groups excluding carboxylic acids is 2. The second-order valence-electron chi connectivity index (χ2n) is 4.30. The summed E-state index contributed by atoms with van der Waals surface area (Å²) in [5.41, 5.74) is -0.124. The molecule has 0 fully saturated rings. The molecule has 0 aliphatic carbocycles. The van der Waals surface area contributed by atoms with Crippen molar-refractivity contribution in [3.8, 4) is 0 Å². The molecule has 0 bridgehead atoms. The fourth-order valence-corrected chi connectivity index (χ4v) is 2.11. The largest absolute Gasteiger partial charge is 0.301 e. The normalized spacial score (nSPS) is 13.8. The number of benzene rings is 1. The van der Waals surface area contributed by atoms with Gasteiger partial charge in [0.2, 0.25) is 0 Å². The highest BCUT2D eigenvalue weighted by atomic mass is 19.1. The summed E-state index contributed by atoms with van der Waals surface area (Å²) < 4.78 is 27.2. The van der Waals surface area contributed by atoms with E-state index in [0.29, 0.717) is 0 Å². The average Bonchev–Trinajstić information content (AvgIpc) is 2.68. The molecule has 6 heteroatoms. The highest BCUT2D eigenvalue weighted by Crippen LogP contribution is 2.28. The van der Waals surface area contributed by atoms with Crippen molar-refractivity contribution < 1.29 is 18.4 Å². The number of halogens is 2. The number of aromatic nitrogens is 1. The molecule has 0 atom stereocenters. The molecule has 1 aliphatic rings. The molecule has 100 valence electrons. The Balaban J connectivity index is 2.04. The lowest BCUT2D eigenvalue weighted by Crippen LogP contribution is -2.30. The number of ketones is 1. The van der Waals surface area contributed by atoms with E-state index in [1.165, 1.54) is 24.4 Å². The number of hydrogen-bond donors (Lipinski definition) is 0. The van der Waals surface area contributed by atoms with Gasteiger partial charge in [-0.05, 0) is 24.3 Å². The summed E-state index contributed by atoms with van der Waals surface area (Å²) in [5.74, 6) is -2.96. The summed E-state index contributed by atoms with van der Waals surface area (Å²) in [6.07, 6.45) is 1.41. The van der Waals surface area contributed by atoms with Gasteiger partial charge in [-0.15, -0.1) is 0 Å². The lowest BCUT2D eigenvalue weighted by atomic mass is 10.2. The monoisotopic (exact) mass is 274 g/mol. The Labute approximate surface area is 112 Å². The van der Waals surface area contributed by atoms with Gasteiger partial charge in [0.1, 0.15) is 17.5 Å². The van der Waals surface area contributed by atoms with Crippen LogP contribution in [-0.2, 0) is 11.3 Å². The minimum absolute atomic E-state index is 0.130. The number of pyridine rings is 1. The van der Waals surface area contributed by atoms with Crippen LogP contribution < -0.4 is 4.90 Å². The average molecular weight is 274 g/mol. The standard InChI is InChI=1S/C14H8F2N2O2/c15-10-4-1-5-11(16)9(10)7-18-13-8(3-2-6-17-13)12(19)14(18)20/h1-6H,7H2. The van der Waals surface area contributed by atoms with Crippen LogP contribution in [0, 0.1) is 11.6 Å². The van der Waals surface area contributed by atoms with Gasteiger partial charge in [0.05, 0.1) is 12.1 Å². The van der Waals surface area contributed by atoms with Crippen LogP contribution in [-0.4, -0.2) is 16.7 Å². The zero-order valence-electron chi connectivity index (χ0n) is 10.1. The molecular weight excluding hydrogens is 266 g/mol. The molecule has 0 unspecified atom stereocenters. The summed E-state index contributed by atoms with van der Waals surface area (Å²) in [4.78, 5) is 28.6. The number of nitrogens with zero attached hydrogens (tertiary/aromatic N) is 2. The summed E-state index contributed by atoms with van der Waals surface area (Å²) >= 11 is 0. The molecule has 3 rings (SSSR count). The molecule has 0 saturated carbocycles. The maximum Gasteiger partial charge on any atom is 0.301 e. The smallest absolute Gasteiger partial charge is 0.284 e. The van der Waals surface area contributed by atoms with E-state index in [4.69, 9.17) is 0 Å². The molecule has 4 nitrogen and oxygen atoms in total. The van der Waals surface area contributed by atoms with Crippen LogP contribution in [0.3, 0.4) is 0 Å². The molecule has 2 heterocycles. The van der Waals surface area contributed by atoms with E-state index in [-0.39, 0.29) is 23.5 Å². The summed E-state index contributed by atoms with van der Waals surface area (Å²) in [5, 5.41) is 0. The van der Waals surface area contributed by atoms with Crippen molar-refractivity contribution in [1.82, 2.24) is 4.98 Å². The number of fused-ring (bicyclic) bond motifs is 1. The Morgan fingerprint density at radius 3 is 2.45 bits per heavy atom. The van der Waals surface area contributed by atoms with Gasteiger partial charge in [-0.1, -0.05) is 6.07 Å². The fraction of sp³-hybridized carbons (Fsp3) is 0.0714. The Morgan fingerprint density at radius 2 is 1.75 bits per heavy atom. The predicted octanol–water partition coefficient (Wildman–Crippen LogP) is 2.09. The van der Waals surface area contributed by atoms with E-state index in [2.05, 4.69) is 4.98 Å². The third-order valence-corrected chi connectivity index (χ3v) is 3.10. The van der Waals surface area contributed by atoms with E-state index in [1.54, 1.807) is 0 Å². The number of carbonyl (C=O) groups is 2. The van der Waals surface area contributed by atoms with Crippen molar-refractivity contribution in [2.24, 2.45) is 0 Å². The van der Waals surface area contributed by atoms with Gasteiger partial charge >= 0.3 is 5.91 Å². The first-order chi connectivity index (χ1) is 9.59. The van der Waals surface area contributed by atoms with Crippen LogP contribution in [0.25, 0.3) is 0 Å². The first kappa shape index (κ1) is 12.4. The Morgan fingerprint density at radius 1 is 1.05 bits per heavy atom. The number of amides is 1. The molecular formula is C14H8F2N2O2. The SMILES string of the molecule is O=C1C(=O)N(Cc2c(F)cccc2F)c2ncccc21. The Kier molecular flexibility index (Phi) is 2.78. The van der Waals surface area contributed by atoms with E-state index in [9.17, 15) is 18.4 Å². The van der Waals surface area contributed by atoms with Crippen molar-refractivity contribution in [1.29, 1.82) is 0 Å². The summed E-state index contributed by atoms with van der Waals surface area (Å²) in [7, 11) is 0. The third kappa shape index (κ3) is 1.77. The van der Waals surface area contributed by atoms with Crippen LogP contribution in [0.2, 0.25) is 0 Å². The quantitative estimate of drug-likeness (QED) is 0.788. The maximum atomic E-state index is 13.6. The summed E-state index contributed by atoms with van der Waals surface area (Å²) in [6, 6.07) is 6.41. The molecule has 1 aromatic carbocycles. The van der Waals surface area contributed by atoms with Crippen LogP contribution in [0.5, 0.6) is 0 Å². The fourth-order valence-electron chi connectivity index (χ4n) is 2.11. The van der Waals surface area contributed by atoms with Gasteiger partial charge in [-0.3, -0.25) is 14.5 Å². The number of Topliss-reactive ketones (excluding diaryl/α,β-unsaturated/α-hetero) is 1. The Hall–Kier alpha value is -2.63. The Bertz CT molecular complexity index is 711. The van der Waals surface area contributed by atoms with E-state index >= 15 is 0 Å². The zero-order chi connectivity index (χ0) is 14.3. The second kappa shape index (κ2) is 4.48. The van der Waals surface area contributed by atoms with Crippen LogP contribution in [0.4, 0.5) is 14.6 Å². The van der Waals surface area contributed by atoms with Gasteiger partial charge in [-0.25, -0.2) is 13.8 Å². The number of hydrogen-bond acceptors (Lipinski definition) is 3. The lowest BCUT2D eigenvalue weighted by molar-refractivity contribution is -0.114. The molecule has 0 saturated heterocycles. The number of rotatable bonds is 2. The van der Waals surface area contributed by atoms with Gasteiger partial charge in [0, 0.05) is 11.8 Å². The minimum atomic E-state index is -0.832. The highest BCUT2D eigenvalue weighted by Gasteiger charge is 2.37. The molecule has 0 radical (unpaired) electrons. The van der Waals surface area contributed by atoms with Gasteiger partial charge in [0.25, 0.3) is 5.78 Å². The molecule has 1 amide bonds. The van der Waals surface area contributed by atoms with E-state index < -0.39 is 23.3 Å². The van der Waals surface area contributed by atoms with Crippen LogP contribution in [0.15, 0.2) is 36.5 Å². The van der Waals surface area contributed by atoms with Gasteiger partial charge < -0.3 is 0 Å². The molecule has 2 aromatic rings. The number of anilines is 1. The molecule has 0 N–H and O–H groups in total. The molecule has 1 aromatic heterocycles. The van der Waals surface area contributed by atoms with E-state index in [1.807, 2.05) is 0 Å². The lowest BCUT2D eigenvalue weighted by Gasteiger charge is -2.16. The zero-order valence-corrected chi connectivity index (χ0v) is 10.1. The van der Waals surface area contributed by atoms with Crippen LogP contribution in [0.1, 0.15) is 15.9 Å². The molecule has 1 aliphatic heterocycles.